The number of benzene rings is 1. The van der Waals surface area contributed by atoms with Crippen LogP contribution in [0.4, 0.5) is 13.6 Å². The standard InChI is InChI=1S/C25H28F2N4O3/c26-19-12-17(13-20(27)14-19)15-30-9-6-18(7-10-30)25(22-5-1-2-8-28-22)23(32)31(24(33)29-25)16-21-4-3-11-34-21/h1-2,5,8,12-14,18,21H,3-4,6-7,9-11,15-16H2,(H,29,33)/t21-,25+/m0/s1. The van der Waals surface area contributed by atoms with Gasteiger partial charge in [-0.3, -0.25) is 19.6 Å². The molecule has 0 saturated carbocycles. The first-order valence-corrected chi connectivity index (χ1v) is 11.8. The van der Waals surface area contributed by atoms with Crippen LogP contribution in [0.2, 0.25) is 0 Å². The summed E-state index contributed by atoms with van der Waals surface area (Å²) in [5.41, 5.74) is -0.120. The molecule has 3 fully saturated rings. The van der Waals surface area contributed by atoms with Gasteiger partial charge < -0.3 is 10.1 Å². The molecule has 0 aliphatic carbocycles. The number of urea groups is 1. The number of carbonyl (C=O) groups is 2. The molecule has 34 heavy (non-hydrogen) atoms. The van der Waals surface area contributed by atoms with Crippen LogP contribution in [0.3, 0.4) is 0 Å². The molecule has 1 aromatic heterocycles. The summed E-state index contributed by atoms with van der Waals surface area (Å²) < 4.78 is 32.9. The molecular weight excluding hydrogens is 442 g/mol. The molecule has 0 unspecified atom stereocenters. The van der Waals surface area contributed by atoms with Crippen molar-refractivity contribution in [2.45, 2.75) is 43.9 Å². The van der Waals surface area contributed by atoms with E-state index in [9.17, 15) is 18.4 Å². The monoisotopic (exact) mass is 470 g/mol. The summed E-state index contributed by atoms with van der Waals surface area (Å²) in [5, 5.41) is 3.01. The van der Waals surface area contributed by atoms with Gasteiger partial charge in [-0.25, -0.2) is 13.6 Å². The molecule has 1 aromatic carbocycles. The van der Waals surface area contributed by atoms with Crippen LogP contribution in [0.25, 0.3) is 0 Å². The molecule has 0 spiro atoms. The Morgan fingerprint density at radius 1 is 1.09 bits per heavy atom. The molecule has 3 amide bonds. The van der Waals surface area contributed by atoms with Crippen molar-refractivity contribution in [2.24, 2.45) is 5.92 Å². The fourth-order valence-corrected chi connectivity index (χ4v) is 5.49. The lowest BCUT2D eigenvalue weighted by Crippen LogP contribution is -2.54. The molecule has 3 saturated heterocycles. The molecule has 9 heteroatoms. The van der Waals surface area contributed by atoms with Crippen molar-refractivity contribution in [3.8, 4) is 0 Å². The van der Waals surface area contributed by atoms with Gasteiger partial charge in [0.05, 0.1) is 18.3 Å². The number of halogens is 2. The summed E-state index contributed by atoms with van der Waals surface area (Å²) in [6.45, 7) is 2.57. The van der Waals surface area contributed by atoms with Gasteiger partial charge in [0.1, 0.15) is 11.6 Å². The van der Waals surface area contributed by atoms with E-state index >= 15 is 0 Å². The smallest absolute Gasteiger partial charge is 0.325 e. The van der Waals surface area contributed by atoms with Crippen LogP contribution in [0.1, 0.15) is 36.9 Å². The maximum absolute atomic E-state index is 13.8. The topological polar surface area (TPSA) is 74.8 Å². The summed E-state index contributed by atoms with van der Waals surface area (Å²) in [6, 6.07) is 8.52. The zero-order valence-corrected chi connectivity index (χ0v) is 18.9. The van der Waals surface area contributed by atoms with Crippen molar-refractivity contribution >= 4 is 11.9 Å². The lowest BCUT2D eigenvalue weighted by atomic mass is 9.75. The number of likely N-dealkylation sites (tertiary alicyclic amines) is 1. The van der Waals surface area contributed by atoms with Gasteiger partial charge in [0.2, 0.25) is 0 Å². The van der Waals surface area contributed by atoms with Crippen LogP contribution >= 0.6 is 0 Å². The number of hydrogen-bond donors (Lipinski definition) is 1. The van der Waals surface area contributed by atoms with Crippen molar-refractivity contribution in [1.82, 2.24) is 20.1 Å². The number of piperidine rings is 1. The minimum atomic E-state index is -1.23. The van der Waals surface area contributed by atoms with Crippen LogP contribution in [-0.4, -0.2) is 59.1 Å². The predicted molar refractivity (Wildman–Crippen MR) is 119 cm³/mol. The fraction of sp³-hybridized carbons (Fsp3) is 0.480. The minimum absolute atomic E-state index is 0.136. The number of amides is 3. The van der Waals surface area contributed by atoms with Crippen molar-refractivity contribution in [2.75, 3.05) is 26.2 Å². The Balaban J connectivity index is 1.35. The highest BCUT2D eigenvalue weighted by molar-refractivity contribution is 6.07. The van der Waals surface area contributed by atoms with E-state index in [1.165, 1.54) is 17.0 Å². The number of carbonyl (C=O) groups excluding carboxylic acids is 2. The Hall–Kier alpha value is -2.91. The molecule has 7 nitrogen and oxygen atoms in total. The SMILES string of the molecule is O=C1N[C@@](c2ccccn2)(C2CCN(Cc3cc(F)cc(F)c3)CC2)C(=O)N1C[C@@H]1CCCO1. The number of nitrogens with zero attached hydrogens (tertiary/aromatic N) is 3. The molecule has 2 aromatic rings. The molecule has 3 aliphatic rings. The van der Waals surface area contributed by atoms with Crippen LogP contribution in [0.15, 0.2) is 42.6 Å². The first-order valence-electron chi connectivity index (χ1n) is 11.8. The number of pyridine rings is 1. The lowest BCUT2D eigenvalue weighted by molar-refractivity contribution is -0.135. The molecule has 180 valence electrons. The van der Waals surface area contributed by atoms with Gasteiger partial charge in [0, 0.05) is 25.4 Å². The number of hydrogen-bond acceptors (Lipinski definition) is 5. The highest BCUT2D eigenvalue weighted by Crippen LogP contribution is 2.41. The van der Waals surface area contributed by atoms with Crippen LogP contribution in [0.5, 0.6) is 0 Å². The number of rotatable bonds is 6. The second kappa shape index (κ2) is 9.38. The zero-order chi connectivity index (χ0) is 23.7. The Morgan fingerprint density at radius 3 is 2.50 bits per heavy atom. The van der Waals surface area contributed by atoms with Crippen molar-refractivity contribution in [1.29, 1.82) is 0 Å². The average Bonchev–Trinajstić information content (AvgIpc) is 3.42. The third kappa shape index (κ3) is 4.30. The van der Waals surface area contributed by atoms with Gasteiger partial charge in [-0.15, -0.1) is 0 Å². The van der Waals surface area contributed by atoms with E-state index < -0.39 is 23.2 Å². The van der Waals surface area contributed by atoms with Crippen molar-refractivity contribution in [3.05, 3.63) is 65.5 Å². The van der Waals surface area contributed by atoms with Crippen molar-refractivity contribution in [3.63, 3.8) is 0 Å². The molecule has 3 aliphatic heterocycles. The van der Waals surface area contributed by atoms with Gasteiger partial charge in [0.25, 0.3) is 5.91 Å². The molecule has 0 radical (unpaired) electrons. The molecule has 1 N–H and O–H groups in total. The van der Waals surface area contributed by atoms with E-state index in [4.69, 9.17) is 4.74 Å². The third-order valence-electron chi connectivity index (χ3n) is 7.14. The maximum atomic E-state index is 13.8. The van der Waals surface area contributed by atoms with Crippen LogP contribution < -0.4 is 5.32 Å². The molecular formula is C25H28F2N4O3. The summed E-state index contributed by atoms with van der Waals surface area (Å²) in [7, 11) is 0. The van der Waals surface area contributed by atoms with Gasteiger partial charge in [0.15, 0.2) is 5.54 Å². The summed E-state index contributed by atoms with van der Waals surface area (Å²) in [5.74, 6) is -1.62. The third-order valence-corrected chi connectivity index (χ3v) is 7.14. The lowest BCUT2D eigenvalue weighted by Gasteiger charge is -2.40. The number of imide groups is 1. The van der Waals surface area contributed by atoms with Crippen LogP contribution in [-0.2, 0) is 21.6 Å². The van der Waals surface area contributed by atoms with Gasteiger partial charge >= 0.3 is 6.03 Å². The molecule has 2 atom stereocenters. The summed E-state index contributed by atoms with van der Waals surface area (Å²) >= 11 is 0. The predicted octanol–water partition coefficient (Wildman–Crippen LogP) is 3.20. The number of aromatic nitrogens is 1. The summed E-state index contributed by atoms with van der Waals surface area (Å²) in [4.78, 5) is 34.7. The second-order valence-corrected chi connectivity index (χ2v) is 9.33. The molecule has 4 heterocycles. The van der Waals surface area contributed by atoms with Gasteiger partial charge in [-0.1, -0.05) is 6.07 Å². The van der Waals surface area contributed by atoms with E-state index in [1.54, 1.807) is 18.3 Å². The highest BCUT2D eigenvalue weighted by atomic mass is 19.1. The molecule has 5 rings (SSSR count). The zero-order valence-electron chi connectivity index (χ0n) is 18.9. The fourth-order valence-electron chi connectivity index (χ4n) is 5.49. The first kappa shape index (κ1) is 22.9. The number of nitrogens with one attached hydrogen (secondary N) is 1. The highest BCUT2D eigenvalue weighted by Gasteiger charge is 2.58. The minimum Gasteiger partial charge on any atom is -0.376 e. The molecule has 0 bridgehead atoms. The van der Waals surface area contributed by atoms with Crippen LogP contribution in [0, 0.1) is 17.6 Å². The quantitative estimate of drug-likeness (QED) is 0.657. The Morgan fingerprint density at radius 2 is 1.85 bits per heavy atom. The normalized spacial score (nSPS) is 26.3. The van der Waals surface area contributed by atoms with E-state index in [-0.39, 0.29) is 24.5 Å². The Bertz CT molecular complexity index is 1040. The average molecular weight is 471 g/mol. The first-order chi connectivity index (χ1) is 16.5. The second-order valence-electron chi connectivity index (χ2n) is 9.33. The van der Waals surface area contributed by atoms with E-state index in [1.807, 2.05) is 6.07 Å². The van der Waals surface area contributed by atoms with E-state index in [0.29, 0.717) is 50.3 Å². The van der Waals surface area contributed by atoms with Crippen molar-refractivity contribution < 1.29 is 23.1 Å². The van der Waals surface area contributed by atoms with E-state index in [2.05, 4.69) is 15.2 Å². The Kier molecular flexibility index (Phi) is 6.31. The van der Waals surface area contributed by atoms with Gasteiger partial charge in [-0.2, -0.15) is 0 Å². The summed E-state index contributed by atoms with van der Waals surface area (Å²) in [6.07, 6.45) is 4.51. The van der Waals surface area contributed by atoms with E-state index in [0.717, 1.165) is 18.9 Å². The van der Waals surface area contributed by atoms with Gasteiger partial charge in [-0.05, 0) is 74.5 Å². The maximum Gasteiger partial charge on any atom is 0.325 e. The Labute approximate surface area is 197 Å². The largest absolute Gasteiger partial charge is 0.376 e. The number of ether oxygens (including phenoxy) is 1.